The number of carbonyl (C=O) groups excluding carboxylic acids is 2. The maximum absolute atomic E-state index is 11.6. The number of ether oxygens (including phenoxy) is 2. The normalized spacial score (nSPS) is 11.2. The average Bonchev–Trinajstić information content (AvgIpc) is 2.47. The van der Waals surface area contributed by atoms with Crippen LogP contribution in [0.3, 0.4) is 0 Å². The summed E-state index contributed by atoms with van der Waals surface area (Å²) in [6.45, 7) is 5.23. The molecule has 0 saturated heterocycles. The number of hydrogen-bond donors (Lipinski definition) is 1. The van der Waals surface area contributed by atoms with Crippen LogP contribution >= 0.6 is 0 Å². The second-order valence-corrected chi connectivity index (χ2v) is 3.83. The predicted octanol–water partition coefficient (Wildman–Crippen LogP) is 1.78. The van der Waals surface area contributed by atoms with Crippen LogP contribution in [0.5, 0.6) is 0 Å². The van der Waals surface area contributed by atoms with Gasteiger partial charge < -0.3 is 14.6 Å². The molecule has 0 bridgehead atoms. The van der Waals surface area contributed by atoms with E-state index in [2.05, 4.69) is 17.0 Å². The first-order chi connectivity index (χ1) is 9.54. The number of hydrogen-bond acceptors (Lipinski definition) is 5. The molecule has 0 saturated carbocycles. The lowest BCUT2D eigenvalue weighted by atomic mass is 10.0. The molecule has 0 aliphatic heterocycles. The molecule has 0 fully saturated rings. The monoisotopic (exact) mass is 276 g/mol. The third kappa shape index (κ3) is 3.57. The van der Waals surface area contributed by atoms with Crippen molar-refractivity contribution >= 4 is 11.9 Å². The van der Waals surface area contributed by atoms with E-state index in [0.717, 1.165) is 0 Å². The molecule has 0 aromatic heterocycles. The van der Waals surface area contributed by atoms with E-state index in [9.17, 15) is 14.7 Å². The highest BCUT2D eigenvalue weighted by Gasteiger charge is 2.21. The summed E-state index contributed by atoms with van der Waals surface area (Å²) >= 11 is 0. The van der Waals surface area contributed by atoms with E-state index < -0.39 is 18.0 Å². The summed E-state index contributed by atoms with van der Waals surface area (Å²) in [6.07, 6.45) is -1.21. The lowest BCUT2D eigenvalue weighted by Gasteiger charge is -2.12. The van der Waals surface area contributed by atoms with E-state index >= 15 is 0 Å². The number of carbonyl (C=O) groups is 2. The highest BCUT2D eigenvalue weighted by atomic mass is 16.5. The van der Waals surface area contributed by atoms with E-state index in [4.69, 9.17) is 4.74 Å². The van der Waals surface area contributed by atoms with Crippen LogP contribution in [0.2, 0.25) is 0 Å². The number of benzene rings is 1. The van der Waals surface area contributed by atoms with Gasteiger partial charge in [-0.05, 0) is 24.6 Å². The predicted molar refractivity (Wildman–Crippen MR) is 72.0 cm³/mol. The van der Waals surface area contributed by atoms with Gasteiger partial charge >= 0.3 is 11.9 Å². The maximum atomic E-state index is 11.6. The molecule has 5 heteroatoms. The van der Waals surface area contributed by atoms with Gasteiger partial charge in [-0.2, -0.15) is 0 Å². The standard InChI is InChI=1S/C15H16O5/c1-4-12(15(18)20-5-2)13(16)10-6-8-11(9-7-10)14(17)19-3/h6-9,13,16H,1,5H2,2-3H3. The van der Waals surface area contributed by atoms with Crippen molar-refractivity contribution in [1.29, 1.82) is 0 Å². The number of rotatable bonds is 5. The zero-order chi connectivity index (χ0) is 15.1. The van der Waals surface area contributed by atoms with Crippen LogP contribution in [0, 0.1) is 0 Å². The molecular formula is C15H16O5. The van der Waals surface area contributed by atoms with Gasteiger partial charge in [0.15, 0.2) is 0 Å². The Morgan fingerprint density at radius 2 is 1.95 bits per heavy atom. The van der Waals surface area contributed by atoms with E-state index in [1.807, 2.05) is 0 Å². The van der Waals surface area contributed by atoms with Crippen LogP contribution in [0.4, 0.5) is 0 Å². The highest BCUT2D eigenvalue weighted by molar-refractivity contribution is 5.90. The number of aliphatic hydroxyl groups excluding tert-OH is 1. The van der Waals surface area contributed by atoms with Gasteiger partial charge in [-0.15, -0.1) is 5.73 Å². The molecule has 0 spiro atoms. The molecule has 1 aromatic carbocycles. The summed E-state index contributed by atoms with van der Waals surface area (Å²) in [5.74, 6) is -1.15. The van der Waals surface area contributed by atoms with Gasteiger partial charge in [0.05, 0.1) is 19.3 Å². The van der Waals surface area contributed by atoms with Crippen molar-refractivity contribution in [1.82, 2.24) is 0 Å². The zero-order valence-electron chi connectivity index (χ0n) is 11.4. The van der Waals surface area contributed by atoms with Crippen LogP contribution in [-0.2, 0) is 14.3 Å². The Bertz CT molecular complexity index is 538. The first kappa shape index (κ1) is 15.7. The number of methoxy groups -OCH3 is 1. The Kier molecular flexibility index (Phi) is 5.72. The Morgan fingerprint density at radius 3 is 2.40 bits per heavy atom. The Morgan fingerprint density at radius 1 is 1.35 bits per heavy atom. The molecule has 1 aromatic rings. The molecule has 1 rings (SSSR count). The second-order valence-electron chi connectivity index (χ2n) is 3.83. The zero-order valence-corrected chi connectivity index (χ0v) is 11.4. The van der Waals surface area contributed by atoms with Crippen LogP contribution in [0.25, 0.3) is 0 Å². The number of aliphatic hydroxyl groups is 1. The fourth-order valence-electron chi connectivity index (χ4n) is 1.58. The molecule has 0 aliphatic rings. The third-order valence-electron chi connectivity index (χ3n) is 2.61. The van der Waals surface area contributed by atoms with Crippen molar-refractivity contribution in [3.63, 3.8) is 0 Å². The topological polar surface area (TPSA) is 72.8 Å². The molecule has 20 heavy (non-hydrogen) atoms. The molecular weight excluding hydrogens is 260 g/mol. The van der Waals surface area contributed by atoms with Gasteiger partial charge in [-0.3, -0.25) is 0 Å². The van der Waals surface area contributed by atoms with Crippen LogP contribution in [0.1, 0.15) is 28.9 Å². The first-order valence-electron chi connectivity index (χ1n) is 5.98. The van der Waals surface area contributed by atoms with Gasteiger partial charge in [0.2, 0.25) is 0 Å². The van der Waals surface area contributed by atoms with Crippen LogP contribution in [-0.4, -0.2) is 30.8 Å². The minimum absolute atomic E-state index is 0.0716. The van der Waals surface area contributed by atoms with E-state index in [1.54, 1.807) is 6.92 Å². The Hall–Kier alpha value is -2.36. The lowest BCUT2D eigenvalue weighted by molar-refractivity contribution is -0.139. The molecule has 0 aliphatic carbocycles. The lowest BCUT2D eigenvalue weighted by Crippen LogP contribution is -2.14. The quantitative estimate of drug-likeness (QED) is 0.504. The SMILES string of the molecule is C=C=C(C(=O)OCC)C(O)c1ccc(C(=O)OC)cc1. The average molecular weight is 276 g/mol. The molecule has 1 unspecified atom stereocenters. The van der Waals surface area contributed by atoms with Crippen molar-refractivity contribution in [2.75, 3.05) is 13.7 Å². The molecule has 1 N–H and O–H groups in total. The maximum Gasteiger partial charge on any atom is 0.344 e. The van der Waals surface area contributed by atoms with Crippen molar-refractivity contribution < 1.29 is 24.2 Å². The third-order valence-corrected chi connectivity index (χ3v) is 2.61. The minimum Gasteiger partial charge on any atom is -0.465 e. The van der Waals surface area contributed by atoms with Crippen molar-refractivity contribution in [2.24, 2.45) is 0 Å². The molecule has 106 valence electrons. The minimum atomic E-state index is -1.21. The molecule has 0 heterocycles. The number of esters is 2. The van der Waals surface area contributed by atoms with E-state index in [1.165, 1.54) is 31.4 Å². The van der Waals surface area contributed by atoms with Crippen molar-refractivity contribution in [3.05, 3.63) is 53.3 Å². The smallest absolute Gasteiger partial charge is 0.344 e. The van der Waals surface area contributed by atoms with Crippen molar-refractivity contribution in [2.45, 2.75) is 13.0 Å². The largest absolute Gasteiger partial charge is 0.465 e. The first-order valence-corrected chi connectivity index (χ1v) is 5.98. The summed E-state index contributed by atoms with van der Waals surface area (Å²) < 4.78 is 9.38. The Labute approximate surface area is 117 Å². The van der Waals surface area contributed by atoms with Crippen LogP contribution < -0.4 is 0 Å². The van der Waals surface area contributed by atoms with E-state index in [-0.39, 0.29) is 12.2 Å². The van der Waals surface area contributed by atoms with Gasteiger partial charge in [-0.1, -0.05) is 18.7 Å². The summed E-state index contributed by atoms with van der Waals surface area (Å²) in [5, 5.41) is 10.1. The van der Waals surface area contributed by atoms with E-state index in [0.29, 0.717) is 11.1 Å². The van der Waals surface area contributed by atoms with Crippen molar-refractivity contribution in [3.8, 4) is 0 Å². The Balaban J connectivity index is 2.97. The van der Waals surface area contributed by atoms with Gasteiger partial charge in [0.1, 0.15) is 11.7 Å². The van der Waals surface area contributed by atoms with Gasteiger partial charge in [0, 0.05) is 0 Å². The summed E-state index contributed by atoms with van der Waals surface area (Å²) in [5.41, 5.74) is 3.09. The second kappa shape index (κ2) is 7.28. The molecule has 0 amide bonds. The van der Waals surface area contributed by atoms with Gasteiger partial charge in [0.25, 0.3) is 0 Å². The summed E-state index contributed by atoms with van der Waals surface area (Å²) in [4.78, 5) is 22.9. The highest BCUT2D eigenvalue weighted by Crippen LogP contribution is 2.22. The summed E-state index contributed by atoms with van der Waals surface area (Å²) in [6, 6.07) is 6.04. The molecule has 1 atom stereocenters. The van der Waals surface area contributed by atoms with Crippen LogP contribution in [0.15, 0.2) is 42.1 Å². The molecule has 5 nitrogen and oxygen atoms in total. The fraction of sp³-hybridized carbons (Fsp3) is 0.267. The fourth-order valence-corrected chi connectivity index (χ4v) is 1.58. The van der Waals surface area contributed by atoms with Gasteiger partial charge in [-0.25, -0.2) is 9.59 Å². The summed E-state index contributed by atoms with van der Waals surface area (Å²) in [7, 11) is 1.28. The molecule has 0 radical (unpaired) electrons.